The normalized spacial score (nSPS) is 12.9. The van der Waals surface area contributed by atoms with Crippen molar-refractivity contribution in [2.45, 2.75) is 52.4 Å². The number of halogens is 38. The second-order valence-electron chi connectivity index (χ2n) is 28.0. The molecule has 0 fully saturated rings. The van der Waals surface area contributed by atoms with Crippen LogP contribution in [0, 0.1) is 221 Å². The maximum atomic E-state index is 19.3. The van der Waals surface area contributed by atoms with Gasteiger partial charge in [-0.1, -0.05) is 33.1 Å². The predicted octanol–water partition coefficient (Wildman–Crippen LogP) is 23.5. The lowest BCUT2D eigenvalue weighted by Crippen LogP contribution is -3.07. The van der Waals surface area contributed by atoms with E-state index in [1.165, 1.54) is 37.5 Å². The van der Waals surface area contributed by atoms with Gasteiger partial charge in [0.25, 0.3) is 0 Å². The molecule has 0 aliphatic carbocycles. The summed E-state index contributed by atoms with van der Waals surface area (Å²) in [5.41, 5.74) is -15.4. The highest BCUT2D eigenvalue weighted by Crippen LogP contribution is 2.54. The van der Waals surface area contributed by atoms with E-state index in [1.54, 1.807) is 0 Å². The summed E-state index contributed by atoms with van der Waals surface area (Å²) in [5, 5.41) is -71.3. The highest BCUT2D eigenvalue weighted by molar-refractivity contribution is 7.23. The number of hydrogen-bond donors (Lipinski definition) is 1. The third kappa shape index (κ3) is 9.99. The van der Waals surface area contributed by atoms with Crippen LogP contribution in [0.15, 0.2) is 18.2 Å². The first kappa shape index (κ1) is 82.0. The van der Waals surface area contributed by atoms with E-state index in [0.29, 0.717) is 5.69 Å². The van der Waals surface area contributed by atoms with Crippen LogP contribution in [-0.2, 0) is 0 Å². The van der Waals surface area contributed by atoms with Gasteiger partial charge >= 0.3 is 0 Å². The molecule has 0 aliphatic rings. The van der Waals surface area contributed by atoms with Crippen molar-refractivity contribution in [3.05, 3.63) is 239 Å². The van der Waals surface area contributed by atoms with Crippen LogP contribution in [0.3, 0.4) is 0 Å². The van der Waals surface area contributed by atoms with Crippen LogP contribution in [-0.4, -0.2) is 19.2 Å². The predicted molar refractivity (Wildman–Crippen MR) is 359 cm³/mol. The minimum absolute atomic E-state index is 0.289. The lowest BCUT2D eigenvalue weighted by atomic mass is 9.11. The monoisotopic (exact) mass is 1730 g/mol. The zero-order chi connectivity index (χ0) is 87.5. The molecule has 17 aromatic rings. The average molecular weight is 1730 g/mol. The lowest BCUT2D eigenvalue weighted by Gasteiger charge is -2.48. The Bertz CT molecular complexity index is 6640. The lowest BCUT2D eigenvalue weighted by molar-refractivity contribution is -0.834. The van der Waals surface area contributed by atoms with Crippen LogP contribution in [0.25, 0.3) is 129 Å². The van der Waals surface area contributed by atoms with Crippen molar-refractivity contribution < 1.29 is 172 Å². The molecule has 0 heterocycles. The van der Waals surface area contributed by atoms with Crippen LogP contribution >= 0.6 is 0 Å². The van der Waals surface area contributed by atoms with Gasteiger partial charge < -0.3 is 0 Å². The van der Waals surface area contributed by atoms with Crippen molar-refractivity contribution in [2.75, 3.05) is 13.1 Å². The van der Waals surface area contributed by atoms with Crippen molar-refractivity contribution in [3.8, 4) is 0 Å². The minimum Gasteiger partial charge on any atom is -0.300 e. The summed E-state index contributed by atoms with van der Waals surface area (Å²) in [6, 6.07) is 3.77. The molecule has 0 amide bonds. The van der Waals surface area contributed by atoms with Crippen molar-refractivity contribution in [2.24, 2.45) is 0 Å². The van der Waals surface area contributed by atoms with Gasteiger partial charge in [-0.25, -0.2) is 167 Å². The van der Waals surface area contributed by atoms with E-state index in [-0.39, 0.29) is 11.6 Å². The quantitative estimate of drug-likeness (QED) is 0.0386. The molecule has 1 nitrogen and oxygen atoms in total. The van der Waals surface area contributed by atoms with Gasteiger partial charge in [-0.05, 0) is 52.9 Å². The first-order valence-corrected chi connectivity index (χ1v) is 34.4. The molecule has 0 saturated heterocycles. The fraction of sp³-hybridized carbons (Fsp3) is 0.125. The number of benzene rings is 17. The van der Waals surface area contributed by atoms with Crippen molar-refractivity contribution in [1.82, 2.24) is 0 Å². The Morgan fingerprint density at radius 1 is 0.183 bits per heavy atom. The smallest absolute Gasteiger partial charge is 0.195 e. The molecule has 0 radical (unpaired) electrons. The van der Waals surface area contributed by atoms with Gasteiger partial charge in [0.05, 0.1) is 77.7 Å². The molecule has 0 saturated carbocycles. The average Bonchev–Trinajstić information content (AvgIpc) is 0.644. The standard InChI is InChI=1S/C64BF36.C16H25F2N/c66-29-9-1-5-17(33(29)70)49(86)61(98)53(90)21(5)41(78)37(74)13(1)45(82)57(94)25(9)65(26-10-2-6-18(34(71)30(10)67)50(87)62(99)54(91)22(6)42(79)38(75)14(2)46(83)58(26)95,27-11-3-7-19(35(72)31(11)68)51(88)63(100)55(92)23(7)43(80)39(76)15(3)47(84)59(27)96)28-12-4-8-20(36(73)32(12)69)52(89)64(101)56(93)24(8)44(81)40(77)16(4)48(85)60(28)97;1-3-5-7-8-12-19(11-6-4-2)16-13-14(17)9-10-15(16)18/h;9-10,13H,3-8,11-12H2,1-2H3/q-1;/p+1. The molecule has 1 N–H and O–H groups in total. The highest BCUT2D eigenvalue weighted by atomic mass is 19.2. The number of nitrogens with one attached hydrogen (secondary N) is 1. The third-order valence-corrected chi connectivity index (χ3v) is 22.2. The van der Waals surface area contributed by atoms with Gasteiger partial charge in [0.15, 0.2) is 198 Å². The van der Waals surface area contributed by atoms with Crippen LogP contribution in [0.1, 0.15) is 52.4 Å². The van der Waals surface area contributed by atoms with Crippen LogP contribution in [0.2, 0.25) is 0 Å². The van der Waals surface area contributed by atoms with E-state index in [1.807, 2.05) is 0 Å². The summed E-state index contributed by atoms with van der Waals surface area (Å²) in [6.07, 6.45) is -1.73. The topological polar surface area (TPSA) is 4.44 Å². The molecular formula is C80H26BF38N. The fourth-order valence-electron chi connectivity index (χ4n) is 17.4. The molecule has 40 heteroatoms. The molecule has 17 rings (SSSR count). The summed E-state index contributed by atoms with van der Waals surface area (Å²) >= 11 is 0. The van der Waals surface area contributed by atoms with Crippen LogP contribution < -0.4 is 26.8 Å². The second-order valence-corrected chi connectivity index (χ2v) is 28.0. The highest BCUT2D eigenvalue weighted by Gasteiger charge is 2.53. The molecular weight excluding hydrogens is 1710 g/mol. The summed E-state index contributed by atoms with van der Waals surface area (Å²) < 4.78 is 648. The van der Waals surface area contributed by atoms with Gasteiger partial charge in [-0.2, -0.15) is 0 Å². The maximum Gasteiger partial charge on any atom is 0.195 e. The second kappa shape index (κ2) is 27.7. The van der Waals surface area contributed by atoms with Gasteiger partial charge in [0.2, 0.25) is 0 Å². The van der Waals surface area contributed by atoms with Crippen molar-refractivity contribution in [1.29, 1.82) is 0 Å². The Morgan fingerprint density at radius 2 is 0.358 bits per heavy atom. The summed E-state index contributed by atoms with van der Waals surface area (Å²) in [6.45, 7) is 6.06. The molecule has 17 aromatic carbocycles. The van der Waals surface area contributed by atoms with Crippen LogP contribution in [0.4, 0.5) is 173 Å². The minimum atomic E-state index is -8.50. The Labute approximate surface area is 637 Å². The summed E-state index contributed by atoms with van der Waals surface area (Å²) in [4.78, 5) is 1.08. The number of unbranched alkanes of at least 4 members (excludes halogenated alkanes) is 4. The Kier molecular flexibility index (Phi) is 18.9. The molecule has 620 valence electrons. The molecule has 1 atom stereocenters. The van der Waals surface area contributed by atoms with E-state index >= 15 is 158 Å². The fourth-order valence-corrected chi connectivity index (χ4v) is 17.4. The van der Waals surface area contributed by atoms with E-state index in [4.69, 9.17) is 0 Å². The van der Waals surface area contributed by atoms with E-state index in [0.717, 1.165) is 37.3 Å². The van der Waals surface area contributed by atoms with Crippen molar-refractivity contribution >= 4 is 163 Å². The SMILES string of the molecule is CCCCCC[NH+](CCCC)c1cc(F)ccc1F.Fc1c(F)c2c(F)c(F)c3c(F)c(F)c([B-](c4c(F)c(F)c5c(F)c(F)c6c(F)c(F)c(F)c7c(F)c(F)c4c5c67)(c4c(F)c(F)c5c(F)c(F)c6c(F)c(F)c(F)c7c(F)c(F)c4c5c67)c4c(F)c(F)c5c(F)c(F)c6c(F)c(F)c(F)c7c(F)c(F)c4c5c67)c4c(F)c(F)c(c1F)c2c34. The third-order valence-electron chi connectivity index (χ3n) is 22.2. The van der Waals surface area contributed by atoms with Crippen molar-refractivity contribution in [3.63, 3.8) is 0 Å². The maximum absolute atomic E-state index is 19.3. The van der Waals surface area contributed by atoms with Crippen LogP contribution in [0.5, 0.6) is 0 Å². The molecule has 120 heavy (non-hydrogen) atoms. The Balaban J connectivity index is 0.000000500. The van der Waals surface area contributed by atoms with Gasteiger partial charge in [0, 0.05) is 49.2 Å². The number of quaternary nitrogens is 1. The Morgan fingerprint density at radius 3 is 0.567 bits per heavy atom. The van der Waals surface area contributed by atoms with E-state index in [9.17, 15) is 8.78 Å². The Hall–Kier alpha value is -11.7. The molecule has 0 bridgehead atoms. The molecule has 0 aromatic heterocycles. The number of hydrogen-bond acceptors (Lipinski definition) is 0. The number of rotatable bonds is 13. The molecule has 1 unspecified atom stereocenters. The van der Waals surface area contributed by atoms with Gasteiger partial charge in [-0.15, -0.1) is 21.9 Å². The zero-order valence-corrected chi connectivity index (χ0v) is 58.3. The molecule has 0 spiro atoms. The van der Waals surface area contributed by atoms with Gasteiger partial charge in [0.1, 0.15) is 35.2 Å². The molecule has 0 aliphatic heterocycles. The zero-order valence-electron chi connectivity index (χ0n) is 58.3. The largest absolute Gasteiger partial charge is 0.300 e. The van der Waals surface area contributed by atoms with E-state index in [2.05, 4.69) is 13.8 Å². The first-order chi connectivity index (χ1) is 56.5. The summed E-state index contributed by atoms with van der Waals surface area (Å²) in [5.74, 6) is -130. The van der Waals surface area contributed by atoms with Gasteiger partial charge in [-0.3, -0.25) is 4.90 Å². The summed E-state index contributed by atoms with van der Waals surface area (Å²) in [7, 11) is 0. The van der Waals surface area contributed by atoms with E-state index < -0.39 is 367 Å². The first-order valence-electron chi connectivity index (χ1n) is 34.4.